The van der Waals surface area contributed by atoms with E-state index in [4.69, 9.17) is 7.85 Å². The Bertz CT molecular complexity index is 442. The number of nitrogens with zero attached hydrogens (tertiary/aromatic N) is 1. The van der Waals surface area contributed by atoms with Gasteiger partial charge in [0.15, 0.2) is 0 Å². The standard InChI is InChI=1S/C10H7BFN/c11-6-9-3-1-7-5-8(12)2-4-10(7)13-9/h1-5H,6H2. The van der Waals surface area contributed by atoms with Crippen molar-refractivity contribution in [1.82, 2.24) is 4.98 Å². The predicted molar refractivity (Wildman–Crippen MR) is 51.2 cm³/mol. The number of pyridine rings is 1. The van der Waals surface area contributed by atoms with Gasteiger partial charge in [-0.25, -0.2) is 4.39 Å². The van der Waals surface area contributed by atoms with Gasteiger partial charge in [0.05, 0.1) is 13.4 Å². The molecule has 0 aliphatic heterocycles. The highest BCUT2D eigenvalue weighted by atomic mass is 19.1. The number of hydrogen-bond donors (Lipinski definition) is 0. The van der Waals surface area contributed by atoms with E-state index in [1.54, 1.807) is 6.07 Å². The van der Waals surface area contributed by atoms with Crippen molar-refractivity contribution in [2.75, 3.05) is 0 Å². The Hall–Kier alpha value is -1.38. The van der Waals surface area contributed by atoms with E-state index in [0.29, 0.717) is 6.32 Å². The van der Waals surface area contributed by atoms with Gasteiger partial charge < -0.3 is 0 Å². The molecule has 1 nitrogen and oxygen atoms in total. The molecule has 62 valence electrons. The SMILES string of the molecule is [B]Cc1ccc2cc(F)ccc2n1. The number of fused-ring (bicyclic) bond motifs is 1. The first-order valence-corrected chi connectivity index (χ1v) is 4.05. The molecule has 2 radical (unpaired) electrons. The summed E-state index contributed by atoms with van der Waals surface area (Å²) in [6.07, 6.45) is 0.410. The molecule has 1 aromatic carbocycles. The van der Waals surface area contributed by atoms with Gasteiger partial charge in [0.25, 0.3) is 0 Å². The molecule has 0 aliphatic carbocycles. The van der Waals surface area contributed by atoms with Gasteiger partial charge in [-0.1, -0.05) is 6.07 Å². The third-order valence-electron chi connectivity index (χ3n) is 1.92. The lowest BCUT2D eigenvalue weighted by atomic mass is 10.0. The first-order chi connectivity index (χ1) is 6.29. The van der Waals surface area contributed by atoms with Gasteiger partial charge in [-0.05, 0) is 30.6 Å². The quantitative estimate of drug-likeness (QED) is 0.598. The summed E-state index contributed by atoms with van der Waals surface area (Å²) >= 11 is 0. The van der Waals surface area contributed by atoms with Crippen LogP contribution in [0, 0.1) is 5.82 Å². The van der Waals surface area contributed by atoms with Gasteiger partial charge in [-0.3, -0.25) is 4.98 Å². The first-order valence-electron chi connectivity index (χ1n) is 4.05. The van der Waals surface area contributed by atoms with Crippen LogP contribution in [-0.4, -0.2) is 12.8 Å². The summed E-state index contributed by atoms with van der Waals surface area (Å²) in [5.74, 6) is -0.241. The highest BCUT2D eigenvalue weighted by Crippen LogP contribution is 2.13. The molecule has 0 fully saturated rings. The van der Waals surface area contributed by atoms with E-state index in [2.05, 4.69) is 4.98 Å². The van der Waals surface area contributed by atoms with Crippen LogP contribution in [0.25, 0.3) is 10.9 Å². The summed E-state index contributed by atoms with van der Waals surface area (Å²) in [7, 11) is 5.43. The van der Waals surface area contributed by atoms with Crippen molar-refractivity contribution in [3.8, 4) is 0 Å². The monoisotopic (exact) mass is 171 g/mol. The highest BCUT2D eigenvalue weighted by Gasteiger charge is 1.97. The molecule has 13 heavy (non-hydrogen) atoms. The molecule has 0 spiro atoms. The van der Waals surface area contributed by atoms with Crippen LogP contribution in [0.3, 0.4) is 0 Å². The van der Waals surface area contributed by atoms with E-state index < -0.39 is 0 Å². The van der Waals surface area contributed by atoms with Gasteiger partial charge in [-0.15, -0.1) is 0 Å². The fraction of sp³-hybridized carbons (Fsp3) is 0.100. The Labute approximate surface area is 77.0 Å². The molecule has 0 saturated carbocycles. The van der Waals surface area contributed by atoms with Gasteiger partial charge >= 0.3 is 0 Å². The smallest absolute Gasteiger partial charge is 0.123 e. The predicted octanol–water partition coefficient (Wildman–Crippen LogP) is 2.04. The molecular formula is C10H7BFN. The fourth-order valence-electron chi connectivity index (χ4n) is 1.25. The molecule has 2 aromatic rings. The van der Waals surface area contributed by atoms with Crippen LogP contribution in [0.5, 0.6) is 0 Å². The molecule has 1 aromatic heterocycles. The molecular weight excluding hydrogens is 164 g/mol. The Balaban J connectivity index is 2.66. The zero-order chi connectivity index (χ0) is 9.26. The summed E-state index contributed by atoms with van der Waals surface area (Å²) in [6, 6.07) is 8.15. The molecule has 0 bridgehead atoms. The number of rotatable bonds is 1. The van der Waals surface area contributed by atoms with Crippen LogP contribution in [0.1, 0.15) is 5.69 Å². The molecule has 0 unspecified atom stereocenters. The van der Waals surface area contributed by atoms with Crippen molar-refractivity contribution in [1.29, 1.82) is 0 Å². The largest absolute Gasteiger partial charge is 0.254 e. The minimum atomic E-state index is -0.241. The summed E-state index contributed by atoms with van der Waals surface area (Å²) in [4.78, 5) is 4.24. The Morgan fingerprint density at radius 2 is 2.08 bits per heavy atom. The van der Waals surface area contributed by atoms with Crippen molar-refractivity contribution >= 4 is 18.7 Å². The van der Waals surface area contributed by atoms with E-state index in [1.165, 1.54) is 12.1 Å². The third kappa shape index (κ3) is 1.54. The second-order valence-electron chi connectivity index (χ2n) is 2.84. The van der Waals surface area contributed by atoms with Crippen molar-refractivity contribution in [3.63, 3.8) is 0 Å². The molecule has 0 amide bonds. The second-order valence-corrected chi connectivity index (χ2v) is 2.84. The summed E-state index contributed by atoms with van der Waals surface area (Å²) in [6.45, 7) is 0. The van der Waals surface area contributed by atoms with E-state index in [1.807, 2.05) is 12.1 Å². The normalized spacial score (nSPS) is 10.5. The lowest BCUT2D eigenvalue weighted by Gasteiger charge is -1.99. The van der Waals surface area contributed by atoms with Gasteiger partial charge in [-0.2, -0.15) is 0 Å². The number of aromatic nitrogens is 1. The molecule has 3 heteroatoms. The fourth-order valence-corrected chi connectivity index (χ4v) is 1.25. The number of halogens is 1. The molecule has 0 saturated heterocycles. The Morgan fingerprint density at radius 1 is 1.23 bits per heavy atom. The minimum Gasteiger partial charge on any atom is -0.254 e. The Morgan fingerprint density at radius 3 is 2.85 bits per heavy atom. The van der Waals surface area contributed by atoms with Crippen LogP contribution in [0.15, 0.2) is 30.3 Å². The van der Waals surface area contributed by atoms with E-state index >= 15 is 0 Å². The third-order valence-corrected chi connectivity index (χ3v) is 1.92. The van der Waals surface area contributed by atoms with E-state index in [9.17, 15) is 4.39 Å². The van der Waals surface area contributed by atoms with Crippen LogP contribution in [0.4, 0.5) is 4.39 Å². The van der Waals surface area contributed by atoms with Crippen LogP contribution in [0.2, 0.25) is 0 Å². The molecule has 0 atom stereocenters. The van der Waals surface area contributed by atoms with Crippen LogP contribution >= 0.6 is 0 Å². The Kier molecular flexibility index (Phi) is 2.01. The minimum absolute atomic E-state index is 0.241. The van der Waals surface area contributed by atoms with E-state index in [0.717, 1.165) is 16.6 Å². The van der Waals surface area contributed by atoms with Gasteiger partial charge in [0.1, 0.15) is 5.82 Å². The molecule has 1 heterocycles. The molecule has 0 N–H and O–H groups in total. The summed E-state index contributed by atoms with van der Waals surface area (Å²) in [5, 5.41) is 0.803. The average Bonchev–Trinajstić information content (AvgIpc) is 2.17. The summed E-state index contributed by atoms with van der Waals surface area (Å²) in [5.41, 5.74) is 1.60. The maximum atomic E-state index is 12.8. The zero-order valence-electron chi connectivity index (χ0n) is 7.00. The van der Waals surface area contributed by atoms with E-state index in [-0.39, 0.29) is 5.82 Å². The number of hydrogen-bond acceptors (Lipinski definition) is 1. The zero-order valence-corrected chi connectivity index (χ0v) is 7.00. The maximum Gasteiger partial charge on any atom is 0.123 e. The first kappa shape index (κ1) is 8.23. The van der Waals surface area contributed by atoms with Crippen molar-refractivity contribution in [2.45, 2.75) is 6.32 Å². The van der Waals surface area contributed by atoms with Gasteiger partial charge in [0, 0.05) is 11.1 Å². The van der Waals surface area contributed by atoms with Crippen molar-refractivity contribution in [2.24, 2.45) is 0 Å². The lowest BCUT2D eigenvalue weighted by molar-refractivity contribution is 0.629. The lowest BCUT2D eigenvalue weighted by Crippen LogP contribution is -1.89. The summed E-state index contributed by atoms with van der Waals surface area (Å²) < 4.78 is 12.8. The topological polar surface area (TPSA) is 12.9 Å². The maximum absolute atomic E-state index is 12.8. The number of benzene rings is 1. The van der Waals surface area contributed by atoms with Crippen molar-refractivity contribution in [3.05, 3.63) is 41.8 Å². The average molecular weight is 171 g/mol. The van der Waals surface area contributed by atoms with Crippen molar-refractivity contribution < 1.29 is 4.39 Å². The van der Waals surface area contributed by atoms with Crippen LogP contribution < -0.4 is 0 Å². The highest BCUT2D eigenvalue weighted by molar-refractivity contribution is 6.08. The van der Waals surface area contributed by atoms with Gasteiger partial charge in [0.2, 0.25) is 0 Å². The molecule has 0 aliphatic rings. The molecule has 2 rings (SSSR count). The van der Waals surface area contributed by atoms with Crippen LogP contribution in [-0.2, 0) is 6.32 Å². The second kappa shape index (κ2) is 3.17.